The minimum absolute atomic E-state index is 0.757. The van der Waals surface area contributed by atoms with Crippen molar-refractivity contribution in [3.05, 3.63) is 29.8 Å². The van der Waals surface area contributed by atoms with E-state index in [2.05, 4.69) is 35.4 Å². The number of nitrogens with one attached hydrogen (secondary N) is 1. The Labute approximate surface area is 98.0 Å². The van der Waals surface area contributed by atoms with Crippen molar-refractivity contribution in [1.29, 1.82) is 0 Å². The molecule has 0 saturated carbocycles. The van der Waals surface area contributed by atoms with Gasteiger partial charge in [0.05, 0.1) is 6.61 Å². The van der Waals surface area contributed by atoms with Gasteiger partial charge in [-0.15, -0.1) is 11.8 Å². The Bertz CT molecular complexity index is 362. The maximum Gasteiger partial charge on any atom is 0.0503 e. The summed E-state index contributed by atoms with van der Waals surface area (Å²) in [6.45, 7) is 3.52. The van der Waals surface area contributed by atoms with Gasteiger partial charge in [-0.05, 0) is 25.0 Å². The van der Waals surface area contributed by atoms with Crippen LogP contribution < -0.4 is 5.32 Å². The Morgan fingerprint density at radius 1 is 1.31 bits per heavy atom. The number of para-hydroxylation sites is 1. The standard InChI is InChI=1S/C14H19NO/c1-3-4-7-11-15-14-9-6-5-8-13(14)10-12-16-2/h5-6,8-9,15H,7,10-12H2,1-2H3. The van der Waals surface area contributed by atoms with Gasteiger partial charge in [-0.25, -0.2) is 0 Å². The zero-order chi connectivity index (χ0) is 11.6. The van der Waals surface area contributed by atoms with Crippen LogP contribution in [0, 0.1) is 11.8 Å². The van der Waals surface area contributed by atoms with Crippen LogP contribution in [0.4, 0.5) is 5.69 Å². The van der Waals surface area contributed by atoms with Crippen molar-refractivity contribution < 1.29 is 4.74 Å². The van der Waals surface area contributed by atoms with Gasteiger partial charge in [0.2, 0.25) is 0 Å². The molecule has 2 heteroatoms. The topological polar surface area (TPSA) is 21.3 Å². The summed E-state index contributed by atoms with van der Waals surface area (Å²) in [6, 6.07) is 8.34. The molecule has 0 aromatic heterocycles. The van der Waals surface area contributed by atoms with Crippen LogP contribution in [0.25, 0.3) is 0 Å². The summed E-state index contributed by atoms with van der Waals surface area (Å²) in [4.78, 5) is 0. The third-order valence-electron chi connectivity index (χ3n) is 2.34. The number of ether oxygens (including phenoxy) is 1. The molecule has 0 aliphatic carbocycles. The summed E-state index contributed by atoms with van der Waals surface area (Å²) in [7, 11) is 1.73. The highest BCUT2D eigenvalue weighted by atomic mass is 16.5. The summed E-state index contributed by atoms with van der Waals surface area (Å²) in [5, 5.41) is 3.40. The fourth-order valence-corrected chi connectivity index (χ4v) is 1.51. The molecule has 0 radical (unpaired) electrons. The van der Waals surface area contributed by atoms with Crippen molar-refractivity contribution >= 4 is 5.69 Å². The van der Waals surface area contributed by atoms with Crippen molar-refractivity contribution in [2.24, 2.45) is 0 Å². The molecule has 0 unspecified atom stereocenters. The second-order valence-corrected chi connectivity index (χ2v) is 3.50. The van der Waals surface area contributed by atoms with Crippen LogP contribution in [-0.4, -0.2) is 20.3 Å². The highest BCUT2D eigenvalue weighted by Gasteiger charge is 1.99. The van der Waals surface area contributed by atoms with E-state index < -0.39 is 0 Å². The smallest absolute Gasteiger partial charge is 0.0503 e. The fourth-order valence-electron chi connectivity index (χ4n) is 1.51. The first-order chi connectivity index (χ1) is 7.88. The summed E-state index contributed by atoms with van der Waals surface area (Å²) in [5.74, 6) is 5.94. The van der Waals surface area contributed by atoms with Gasteiger partial charge in [0.1, 0.15) is 0 Å². The lowest BCUT2D eigenvalue weighted by Crippen LogP contribution is -2.05. The van der Waals surface area contributed by atoms with Gasteiger partial charge in [0.25, 0.3) is 0 Å². The summed E-state index contributed by atoms with van der Waals surface area (Å²) in [6.07, 6.45) is 1.83. The molecule has 0 atom stereocenters. The van der Waals surface area contributed by atoms with Crippen LogP contribution in [0.3, 0.4) is 0 Å². The minimum atomic E-state index is 0.757. The average Bonchev–Trinajstić information content (AvgIpc) is 2.33. The lowest BCUT2D eigenvalue weighted by molar-refractivity contribution is 0.202. The van der Waals surface area contributed by atoms with E-state index in [1.165, 1.54) is 11.3 Å². The van der Waals surface area contributed by atoms with Gasteiger partial charge in [0.15, 0.2) is 0 Å². The highest BCUT2D eigenvalue weighted by molar-refractivity contribution is 5.51. The van der Waals surface area contributed by atoms with Crippen molar-refractivity contribution in [3.8, 4) is 11.8 Å². The number of benzene rings is 1. The number of methoxy groups -OCH3 is 1. The van der Waals surface area contributed by atoms with Gasteiger partial charge in [0, 0.05) is 25.8 Å². The molecule has 0 aliphatic heterocycles. The van der Waals surface area contributed by atoms with E-state index in [0.29, 0.717) is 0 Å². The highest BCUT2D eigenvalue weighted by Crippen LogP contribution is 2.15. The minimum Gasteiger partial charge on any atom is -0.384 e. The predicted octanol–water partition coefficient (Wildman–Crippen LogP) is 2.70. The maximum absolute atomic E-state index is 5.09. The lowest BCUT2D eigenvalue weighted by atomic mass is 10.1. The molecule has 0 bridgehead atoms. The Kier molecular flexibility index (Phi) is 6.13. The molecule has 0 fully saturated rings. The van der Waals surface area contributed by atoms with Gasteiger partial charge in [-0.3, -0.25) is 0 Å². The third kappa shape index (κ3) is 4.37. The molecule has 0 aliphatic rings. The molecule has 0 spiro atoms. The Hall–Kier alpha value is -1.46. The van der Waals surface area contributed by atoms with Crippen LogP contribution in [0.2, 0.25) is 0 Å². The first-order valence-corrected chi connectivity index (χ1v) is 5.58. The van der Waals surface area contributed by atoms with E-state index in [0.717, 1.165) is 26.0 Å². The monoisotopic (exact) mass is 217 g/mol. The molecule has 1 N–H and O–H groups in total. The molecule has 2 nitrogen and oxygen atoms in total. The van der Waals surface area contributed by atoms with Gasteiger partial charge >= 0.3 is 0 Å². The number of anilines is 1. The van der Waals surface area contributed by atoms with E-state index >= 15 is 0 Å². The van der Waals surface area contributed by atoms with Crippen LogP contribution in [0.5, 0.6) is 0 Å². The molecule has 0 amide bonds. The molecular formula is C14H19NO. The number of hydrogen-bond acceptors (Lipinski definition) is 2. The van der Waals surface area contributed by atoms with Gasteiger partial charge < -0.3 is 10.1 Å². The maximum atomic E-state index is 5.09. The molecule has 0 saturated heterocycles. The predicted molar refractivity (Wildman–Crippen MR) is 68.6 cm³/mol. The molecule has 1 rings (SSSR count). The summed E-state index contributed by atoms with van der Waals surface area (Å²) >= 11 is 0. The summed E-state index contributed by atoms with van der Waals surface area (Å²) in [5.41, 5.74) is 2.49. The van der Waals surface area contributed by atoms with E-state index in [9.17, 15) is 0 Å². The number of rotatable bonds is 6. The second kappa shape index (κ2) is 7.78. The first kappa shape index (κ1) is 12.6. The largest absolute Gasteiger partial charge is 0.384 e. The first-order valence-electron chi connectivity index (χ1n) is 5.58. The molecule has 86 valence electrons. The van der Waals surface area contributed by atoms with Crippen LogP contribution in [-0.2, 0) is 11.2 Å². The zero-order valence-corrected chi connectivity index (χ0v) is 10.0. The Morgan fingerprint density at radius 2 is 2.12 bits per heavy atom. The van der Waals surface area contributed by atoms with Crippen LogP contribution in [0.15, 0.2) is 24.3 Å². The molecular weight excluding hydrogens is 198 g/mol. The van der Waals surface area contributed by atoms with Crippen LogP contribution >= 0.6 is 0 Å². The molecule has 1 aromatic carbocycles. The zero-order valence-electron chi connectivity index (χ0n) is 10.0. The quantitative estimate of drug-likeness (QED) is 0.584. The fraction of sp³-hybridized carbons (Fsp3) is 0.429. The van der Waals surface area contributed by atoms with Gasteiger partial charge in [-0.1, -0.05) is 18.2 Å². The van der Waals surface area contributed by atoms with Gasteiger partial charge in [-0.2, -0.15) is 0 Å². The Morgan fingerprint density at radius 3 is 2.88 bits per heavy atom. The lowest BCUT2D eigenvalue weighted by Gasteiger charge is -2.10. The van der Waals surface area contributed by atoms with Crippen molar-refractivity contribution in [1.82, 2.24) is 0 Å². The van der Waals surface area contributed by atoms with Crippen molar-refractivity contribution in [3.63, 3.8) is 0 Å². The van der Waals surface area contributed by atoms with Crippen molar-refractivity contribution in [2.75, 3.05) is 25.6 Å². The number of hydrogen-bond donors (Lipinski definition) is 1. The molecule has 16 heavy (non-hydrogen) atoms. The molecule has 1 aromatic rings. The van der Waals surface area contributed by atoms with E-state index in [4.69, 9.17) is 4.74 Å². The van der Waals surface area contributed by atoms with E-state index in [1.54, 1.807) is 7.11 Å². The SMILES string of the molecule is CC#CCCNc1ccccc1CCOC. The Balaban J connectivity index is 2.51. The second-order valence-electron chi connectivity index (χ2n) is 3.50. The van der Waals surface area contributed by atoms with Crippen molar-refractivity contribution in [2.45, 2.75) is 19.8 Å². The summed E-state index contributed by atoms with van der Waals surface area (Å²) < 4.78 is 5.09. The normalized spacial score (nSPS) is 9.38. The van der Waals surface area contributed by atoms with E-state index in [1.807, 2.05) is 13.0 Å². The molecule has 0 heterocycles. The third-order valence-corrected chi connectivity index (χ3v) is 2.34. The van der Waals surface area contributed by atoms with E-state index in [-0.39, 0.29) is 0 Å². The average molecular weight is 217 g/mol. The van der Waals surface area contributed by atoms with Crippen LogP contribution in [0.1, 0.15) is 18.9 Å².